The maximum atomic E-state index is 5.53. The molecule has 2 rings (SSSR count). The van der Waals surface area contributed by atoms with Gasteiger partial charge in [-0.1, -0.05) is 0 Å². The number of nitrogens with zero attached hydrogens (tertiary/aromatic N) is 3. The molecule has 0 radical (unpaired) electrons. The highest BCUT2D eigenvalue weighted by atomic mass is 16.5. The Bertz CT molecular complexity index is 339. The highest BCUT2D eigenvalue weighted by Gasteiger charge is 2.21. The maximum absolute atomic E-state index is 5.53. The van der Waals surface area contributed by atoms with Crippen molar-refractivity contribution in [3.63, 3.8) is 0 Å². The number of piperidine rings is 1. The van der Waals surface area contributed by atoms with Crippen LogP contribution in [0, 0.1) is 5.92 Å². The molecule has 94 valence electrons. The highest BCUT2D eigenvalue weighted by Crippen LogP contribution is 2.20. The van der Waals surface area contributed by atoms with Gasteiger partial charge < -0.3 is 15.4 Å². The van der Waals surface area contributed by atoms with E-state index in [-0.39, 0.29) is 0 Å². The number of anilines is 1. The summed E-state index contributed by atoms with van der Waals surface area (Å²) in [6.45, 7) is 3.32. The summed E-state index contributed by atoms with van der Waals surface area (Å²) in [6.07, 6.45) is 6.02. The summed E-state index contributed by atoms with van der Waals surface area (Å²) < 4.78 is 5.22. The molecule has 0 aromatic carbocycles. The van der Waals surface area contributed by atoms with Gasteiger partial charge in [0.1, 0.15) is 0 Å². The van der Waals surface area contributed by atoms with Crippen molar-refractivity contribution in [1.29, 1.82) is 0 Å². The predicted octanol–water partition coefficient (Wildman–Crippen LogP) is 0.798. The van der Waals surface area contributed by atoms with Crippen LogP contribution in [0.2, 0.25) is 0 Å². The van der Waals surface area contributed by atoms with Crippen molar-refractivity contribution in [1.82, 2.24) is 9.97 Å². The third kappa shape index (κ3) is 3.14. The van der Waals surface area contributed by atoms with Gasteiger partial charge in [-0.05, 0) is 18.8 Å². The Morgan fingerprint density at radius 2 is 2.24 bits per heavy atom. The second-order valence-corrected chi connectivity index (χ2v) is 4.51. The third-order valence-corrected chi connectivity index (χ3v) is 3.13. The van der Waals surface area contributed by atoms with Gasteiger partial charge in [0.25, 0.3) is 0 Å². The van der Waals surface area contributed by atoms with Gasteiger partial charge in [0.2, 0.25) is 5.95 Å². The van der Waals surface area contributed by atoms with Crippen molar-refractivity contribution in [2.45, 2.75) is 19.4 Å². The quantitative estimate of drug-likeness (QED) is 0.837. The van der Waals surface area contributed by atoms with E-state index in [0.29, 0.717) is 12.5 Å². The second-order valence-electron chi connectivity index (χ2n) is 4.51. The zero-order valence-corrected chi connectivity index (χ0v) is 10.3. The molecule has 1 atom stereocenters. The average molecular weight is 236 g/mol. The molecule has 0 saturated carbocycles. The molecule has 2 heterocycles. The molecule has 1 fully saturated rings. The largest absolute Gasteiger partial charge is 0.384 e. The van der Waals surface area contributed by atoms with Crippen LogP contribution in [0.25, 0.3) is 0 Å². The van der Waals surface area contributed by atoms with E-state index in [0.717, 1.165) is 31.2 Å². The second kappa shape index (κ2) is 5.93. The van der Waals surface area contributed by atoms with Crippen LogP contribution in [-0.4, -0.2) is 36.8 Å². The molecule has 1 aliphatic rings. The Balaban J connectivity index is 2.00. The minimum absolute atomic E-state index is 0.493. The molecule has 0 aliphatic carbocycles. The van der Waals surface area contributed by atoms with Gasteiger partial charge in [0.05, 0.1) is 6.61 Å². The lowest BCUT2D eigenvalue weighted by molar-refractivity contribution is 0.143. The predicted molar refractivity (Wildman–Crippen MR) is 66.7 cm³/mol. The molecule has 5 nitrogen and oxygen atoms in total. The Hall–Kier alpha value is -1.20. The van der Waals surface area contributed by atoms with Crippen molar-refractivity contribution >= 4 is 5.95 Å². The Kier molecular flexibility index (Phi) is 4.28. The standard InChI is InChI=1S/C12H20N4O/c1-17-9-10-3-2-4-16(8-10)12-14-6-11(5-13)7-15-12/h6-7,10H,2-5,8-9,13H2,1H3. The maximum Gasteiger partial charge on any atom is 0.225 e. The van der Waals surface area contributed by atoms with Gasteiger partial charge in [-0.25, -0.2) is 9.97 Å². The monoisotopic (exact) mass is 236 g/mol. The van der Waals surface area contributed by atoms with Crippen LogP contribution < -0.4 is 10.6 Å². The molecule has 1 aliphatic heterocycles. The van der Waals surface area contributed by atoms with Crippen LogP contribution in [0.5, 0.6) is 0 Å². The zero-order chi connectivity index (χ0) is 12.1. The zero-order valence-electron chi connectivity index (χ0n) is 10.3. The van der Waals surface area contributed by atoms with Crippen molar-refractivity contribution in [3.05, 3.63) is 18.0 Å². The van der Waals surface area contributed by atoms with Crippen LogP contribution in [-0.2, 0) is 11.3 Å². The number of nitrogens with two attached hydrogens (primary N) is 1. The molecule has 1 aromatic heterocycles. The molecule has 0 bridgehead atoms. The summed E-state index contributed by atoms with van der Waals surface area (Å²) in [7, 11) is 1.76. The minimum Gasteiger partial charge on any atom is -0.384 e. The minimum atomic E-state index is 0.493. The fraction of sp³-hybridized carbons (Fsp3) is 0.667. The molecule has 17 heavy (non-hydrogen) atoms. The SMILES string of the molecule is COCC1CCCN(c2ncc(CN)cn2)C1. The van der Waals surface area contributed by atoms with Gasteiger partial charge in [0.15, 0.2) is 0 Å². The highest BCUT2D eigenvalue weighted by molar-refractivity contribution is 5.30. The summed E-state index contributed by atoms with van der Waals surface area (Å²) in [5.41, 5.74) is 6.50. The average Bonchev–Trinajstić information content (AvgIpc) is 2.40. The number of ether oxygens (including phenoxy) is 1. The van der Waals surface area contributed by atoms with Gasteiger partial charge >= 0.3 is 0 Å². The smallest absolute Gasteiger partial charge is 0.225 e. The molecule has 1 saturated heterocycles. The van der Waals surface area contributed by atoms with Crippen LogP contribution in [0.4, 0.5) is 5.95 Å². The number of methoxy groups -OCH3 is 1. The van der Waals surface area contributed by atoms with E-state index in [1.165, 1.54) is 12.8 Å². The molecule has 2 N–H and O–H groups in total. The van der Waals surface area contributed by atoms with Crippen molar-refractivity contribution in [2.24, 2.45) is 11.7 Å². The summed E-state index contributed by atoms with van der Waals surface area (Å²) >= 11 is 0. The molecule has 5 heteroatoms. The Labute approximate surface area is 102 Å². The van der Waals surface area contributed by atoms with E-state index >= 15 is 0 Å². The lowest BCUT2D eigenvalue weighted by Gasteiger charge is -2.32. The van der Waals surface area contributed by atoms with Gasteiger partial charge in [-0.3, -0.25) is 0 Å². The van der Waals surface area contributed by atoms with E-state index in [1.54, 1.807) is 7.11 Å². The first-order valence-corrected chi connectivity index (χ1v) is 6.08. The Morgan fingerprint density at radius 3 is 2.88 bits per heavy atom. The number of rotatable bonds is 4. The topological polar surface area (TPSA) is 64.3 Å². The summed E-state index contributed by atoms with van der Waals surface area (Å²) in [6, 6.07) is 0. The molecule has 0 spiro atoms. The van der Waals surface area contributed by atoms with Crippen molar-refractivity contribution < 1.29 is 4.74 Å². The normalized spacial score (nSPS) is 20.6. The fourth-order valence-electron chi connectivity index (χ4n) is 2.24. The number of hydrogen-bond donors (Lipinski definition) is 1. The number of hydrogen-bond acceptors (Lipinski definition) is 5. The molecule has 1 unspecified atom stereocenters. The lowest BCUT2D eigenvalue weighted by atomic mass is 9.99. The third-order valence-electron chi connectivity index (χ3n) is 3.13. The first-order chi connectivity index (χ1) is 8.33. The summed E-state index contributed by atoms with van der Waals surface area (Å²) in [5, 5.41) is 0. The molecule has 0 amide bonds. The fourth-order valence-corrected chi connectivity index (χ4v) is 2.24. The van der Waals surface area contributed by atoms with E-state index in [1.807, 2.05) is 12.4 Å². The van der Waals surface area contributed by atoms with Crippen LogP contribution >= 0.6 is 0 Å². The first kappa shape index (κ1) is 12.3. The van der Waals surface area contributed by atoms with Gasteiger partial charge in [0, 0.05) is 44.7 Å². The summed E-state index contributed by atoms with van der Waals surface area (Å²) in [5.74, 6) is 1.40. The first-order valence-electron chi connectivity index (χ1n) is 6.08. The molecule has 1 aromatic rings. The van der Waals surface area contributed by atoms with E-state index in [9.17, 15) is 0 Å². The lowest BCUT2D eigenvalue weighted by Crippen LogP contribution is -2.38. The van der Waals surface area contributed by atoms with Gasteiger partial charge in [-0.2, -0.15) is 0 Å². The van der Waals surface area contributed by atoms with Crippen molar-refractivity contribution in [3.8, 4) is 0 Å². The van der Waals surface area contributed by atoms with E-state index < -0.39 is 0 Å². The van der Waals surface area contributed by atoms with Gasteiger partial charge in [-0.15, -0.1) is 0 Å². The van der Waals surface area contributed by atoms with E-state index in [2.05, 4.69) is 14.9 Å². The van der Waals surface area contributed by atoms with Crippen molar-refractivity contribution in [2.75, 3.05) is 31.7 Å². The number of aromatic nitrogens is 2. The van der Waals surface area contributed by atoms with Crippen LogP contribution in [0.3, 0.4) is 0 Å². The molecular weight excluding hydrogens is 216 g/mol. The van der Waals surface area contributed by atoms with E-state index in [4.69, 9.17) is 10.5 Å². The Morgan fingerprint density at radius 1 is 1.47 bits per heavy atom. The van der Waals surface area contributed by atoms with Crippen LogP contribution in [0.15, 0.2) is 12.4 Å². The molecular formula is C12H20N4O. The van der Waals surface area contributed by atoms with Crippen LogP contribution in [0.1, 0.15) is 18.4 Å². The summed E-state index contributed by atoms with van der Waals surface area (Å²) in [4.78, 5) is 11.0.